The van der Waals surface area contributed by atoms with E-state index in [4.69, 9.17) is 5.73 Å². The molecule has 1 aliphatic heterocycles. The Bertz CT molecular complexity index is 640. The molecule has 9 heteroatoms. The summed E-state index contributed by atoms with van der Waals surface area (Å²) in [4.78, 5) is 27.3. The van der Waals surface area contributed by atoms with Crippen molar-refractivity contribution < 1.29 is 22.8 Å². The Kier molecular flexibility index (Phi) is 7.74. The van der Waals surface area contributed by atoms with Gasteiger partial charge >= 0.3 is 6.18 Å². The Balaban J connectivity index is 0.00000338. The van der Waals surface area contributed by atoms with Gasteiger partial charge in [0.05, 0.1) is 5.92 Å². The molecule has 1 aromatic rings. The minimum atomic E-state index is -4.43. The zero-order chi connectivity index (χ0) is 18.6. The molecule has 1 atom stereocenters. The number of hydrogen-bond acceptors (Lipinski definition) is 3. The monoisotopic (exact) mass is 393 g/mol. The molecule has 26 heavy (non-hydrogen) atoms. The molecule has 0 aromatic heterocycles. The number of carbonyl (C=O) groups is 2. The van der Waals surface area contributed by atoms with Crippen LogP contribution in [0.3, 0.4) is 0 Å². The van der Waals surface area contributed by atoms with Crippen molar-refractivity contribution in [2.24, 2.45) is 5.92 Å². The largest absolute Gasteiger partial charge is 0.406 e. The van der Waals surface area contributed by atoms with Crippen molar-refractivity contribution in [3.8, 4) is 0 Å². The molecule has 2 amide bonds. The lowest BCUT2D eigenvalue weighted by molar-refractivity contribution is -0.164. The van der Waals surface area contributed by atoms with Gasteiger partial charge < -0.3 is 15.5 Å². The second-order valence-corrected chi connectivity index (χ2v) is 6.18. The van der Waals surface area contributed by atoms with Gasteiger partial charge in [-0.15, -0.1) is 12.4 Å². The van der Waals surface area contributed by atoms with E-state index in [0.717, 1.165) is 4.90 Å². The first kappa shape index (κ1) is 22.1. The summed E-state index contributed by atoms with van der Waals surface area (Å²) in [7, 11) is 0. The minimum absolute atomic E-state index is 0. The molecule has 146 valence electrons. The average Bonchev–Trinajstić information content (AvgIpc) is 2.57. The van der Waals surface area contributed by atoms with E-state index < -0.39 is 24.5 Å². The fraction of sp³-hybridized carbons (Fsp3) is 0.529. The van der Waals surface area contributed by atoms with Gasteiger partial charge in [-0.1, -0.05) is 6.07 Å². The predicted octanol–water partition coefficient (Wildman–Crippen LogP) is 2.95. The van der Waals surface area contributed by atoms with Gasteiger partial charge in [-0.2, -0.15) is 13.2 Å². The standard InChI is InChI=1S/C17H22F3N3O2.ClH/c1-2-22(11-17(18,19)20)16(25)13-6-4-8-23(10-13)15(24)12-5-3-7-14(21)9-12;/h3,5,7,9,13H,2,4,6,8,10-11,21H2,1H3;1H. The van der Waals surface area contributed by atoms with Gasteiger partial charge in [0.25, 0.3) is 5.91 Å². The van der Waals surface area contributed by atoms with E-state index in [1.165, 1.54) is 11.8 Å². The molecular formula is C17H23ClF3N3O2. The van der Waals surface area contributed by atoms with Gasteiger partial charge in [0.2, 0.25) is 5.91 Å². The highest BCUT2D eigenvalue weighted by molar-refractivity contribution is 5.95. The number of hydrogen-bond donors (Lipinski definition) is 1. The van der Waals surface area contributed by atoms with Crippen LogP contribution in [-0.4, -0.2) is 54.0 Å². The summed E-state index contributed by atoms with van der Waals surface area (Å²) in [5, 5.41) is 0. The lowest BCUT2D eigenvalue weighted by atomic mass is 9.95. The van der Waals surface area contributed by atoms with Gasteiger partial charge in [0.1, 0.15) is 6.54 Å². The highest BCUT2D eigenvalue weighted by Gasteiger charge is 2.36. The molecule has 2 rings (SSSR count). The lowest BCUT2D eigenvalue weighted by Gasteiger charge is -2.35. The molecule has 1 aliphatic rings. The van der Waals surface area contributed by atoms with Gasteiger partial charge in [-0.25, -0.2) is 0 Å². The molecular weight excluding hydrogens is 371 g/mol. The van der Waals surface area contributed by atoms with Crippen molar-refractivity contribution in [3.05, 3.63) is 29.8 Å². The normalized spacial score (nSPS) is 17.4. The third-order valence-electron chi connectivity index (χ3n) is 4.25. The van der Waals surface area contributed by atoms with Crippen LogP contribution in [0.25, 0.3) is 0 Å². The number of anilines is 1. The van der Waals surface area contributed by atoms with Crippen LogP contribution in [0.2, 0.25) is 0 Å². The van der Waals surface area contributed by atoms with Crippen LogP contribution in [0.5, 0.6) is 0 Å². The molecule has 1 fully saturated rings. The van der Waals surface area contributed by atoms with E-state index in [-0.39, 0.29) is 31.4 Å². The van der Waals surface area contributed by atoms with Crippen molar-refractivity contribution in [1.29, 1.82) is 0 Å². The molecule has 0 bridgehead atoms. The number of nitrogen functional groups attached to an aromatic ring is 1. The molecule has 2 N–H and O–H groups in total. The second kappa shape index (κ2) is 9.12. The number of likely N-dealkylation sites (tertiary alicyclic amines) is 1. The molecule has 0 radical (unpaired) electrons. The molecule has 1 unspecified atom stereocenters. The number of alkyl halides is 3. The first-order chi connectivity index (χ1) is 11.7. The lowest BCUT2D eigenvalue weighted by Crippen LogP contribution is -2.48. The van der Waals surface area contributed by atoms with E-state index in [9.17, 15) is 22.8 Å². The van der Waals surface area contributed by atoms with E-state index in [0.29, 0.717) is 30.6 Å². The Morgan fingerprint density at radius 2 is 2.04 bits per heavy atom. The maximum atomic E-state index is 12.6. The van der Waals surface area contributed by atoms with Gasteiger partial charge in [0.15, 0.2) is 0 Å². The van der Waals surface area contributed by atoms with Crippen LogP contribution in [0.4, 0.5) is 18.9 Å². The predicted molar refractivity (Wildman–Crippen MR) is 95.0 cm³/mol. The summed E-state index contributed by atoms with van der Waals surface area (Å²) in [6.45, 7) is 0.839. The summed E-state index contributed by atoms with van der Waals surface area (Å²) < 4.78 is 37.8. The van der Waals surface area contributed by atoms with Crippen LogP contribution in [-0.2, 0) is 4.79 Å². The van der Waals surface area contributed by atoms with Gasteiger partial charge in [-0.3, -0.25) is 9.59 Å². The molecule has 1 saturated heterocycles. The fourth-order valence-corrected chi connectivity index (χ4v) is 3.04. The van der Waals surface area contributed by atoms with E-state index in [1.54, 1.807) is 24.3 Å². The maximum absolute atomic E-state index is 12.6. The quantitative estimate of drug-likeness (QED) is 0.800. The Hall–Kier alpha value is -1.96. The van der Waals surface area contributed by atoms with Crippen LogP contribution in [0, 0.1) is 5.92 Å². The smallest absolute Gasteiger partial charge is 0.399 e. The van der Waals surface area contributed by atoms with Crippen LogP contribution in [0.15, 0.2) is 24.3 Å². The number of nitrogens with zero attached hydrogens (tertiary/aromatic N) is 2. The Labute approximate surface area is 156 Å². The summed E-state index contributed by atoms with van der Waals surface area (Å²) in [6.07, 6.45) is -3.38. The van der Waals surface area contributed by atoms with Crippen molar-refractivity contribution in [1.82, 2.24) is 9.80 Å². The van der Waals surface area contributed by atoms with Gasteiger partial charge in [-0.05, 0) is 38.0 Å². The Morgan fingerprint density at radius 1 is 1.35 bits per heavy atom. The fourth-order valence-electron chi connectivity index (χ4n) is 3.04. The summed E-state index contributed by atoms with van der Waals surface area (Å²) in [5.74, 6) is -1.42. The third kappa shape index (κ3) is 5.79. The molecule has 5 nitrogen and oxygen atoms in total. The molecule has 0 saturated carbocycles. The molecule has 1 heterocycles. The maximum Gasteiger partial charge on any atom is 0.406 e. The van der Waals surface area contributed by atoms with Crippen LogP contribution in [0.1, 0.15) is 30.1 Å². The van der Waals surface area contributed by atoms with Crippen molar-refractivity contribution in [2.75, 3.05) is 31.9 Å². The van der Waals surface area contributed by atoms with E-state index in [1.807, 2.05) is 0 Å². The SMILES string of the molecule is CCN(CC(F)(F)F)C(=O)C1CCCN(C(=O)c2cccc(N)c2)C1.Cl. The number of amides is 2. The number of benzene rings is 1. The second-order valence-electron chi connectivity index (χ2n) is 6.18. The average molecular weight is 394 g/mol. The first-order valence-corrected chi connectivity index (χ1v) is 8.21. The third-order valence-corrected chi connectivity index (χ3v) is 4.25. The number of nitrogens with two attached hydrogens (primary N) is 1. The van der Waals surface area contributed by atoms with Crippen molar-refractivity contribution >= 4 is 29.9 Å². The summed E-state index contributed by atoms with van der Waals surface area (Å²) >= 11 is 0. The number of carbonyl (C=O) groups excluding carboxylic acids is 2. The highest BCUT2D eigenvalue weighted by atomic mass is 35.5. The molecule has 0 spiro atoms. The Morgan fingerprint density at radius 3 is 2.62 bits per heavy atom. The van der Waals surface area contributed by atoms with Crippen LogP contribution < -0.4 is 5.73 Å². The zero-order valence-electron chi connectivity index (χ0n) is 14.5. The number of halogens is 4. The highest BCUT2D eigenvalue weighted by Crippen LogP contribution is 2.23. The van der Waals surface area contributed by atoms with E-state index >= 15 is 0 Å². The van der Waals surface area contributed by atoms with Crippen molar-refractivity contribution in [3.63, 3.8) is 0 Å². The number of rotatable bonds is 4. The first-order valence-electron chi connectivity index (χ1n) is 8.21. The van der Waals surface area contributed by atoms with Crippen molar-refractivity contribution in [2.45, 2.75) is 25.9 Å². The van der Waals surface area contributed by atoms with E-state index in [2.05, 4.69) is 0 Å². The zero-order valence-corrected chi connectivity index (χ0v) is 15.3. The minimum Gasteiger partial charge on any atom is -0.399 e. The van der Waals surface area contributed by atoms with Gasteiger partial charge in [0, 0.05) is 30.9 Å². The van der Waals surface area contributed by atoms with Crippen LogP contribution >= 0.6 is 12.4 Å². The summed E-state index contributed by atoms with van der Waals surface area (Å²) in [5.41, 5.74) is 6.55. The number of piperidine rings is 1. The molecule has 0 aliphatic carbocycles. The summed E-state index contributed by atoms with van der Waals surface area (Å²) in [6, 6.07) is 6.51. The molecule has 1 aromatic carbocycles. The topological polar surface area (TPSA) is 66.6 Å².